The van der Waals surface area contributed by atoms with Crippen LogP contribution in [0.5, 0.6) is 5.75 Å². The molecule has 3 aromatic rings. The van der Waals surface area contributed by atoms with E-state index in [1.807, 2.05) is 6.07 Å². The number of ether oxygens (including phenoxy) is 1. The molecule has 0 fully saturated rings. The fourth-order valence-electron chi connectivity index (χ4n) is 3.41. The second-order valence-electron chi connectivity index (χ2n) is 6.92. The molecule has 0 spiro atoms. The lowest BCUT2D eigenvalue weighted by molar-refractivity contribution is 0.288. The molecular weight excluding hydrogens is 330 g/mol. The molecule has 0 aromatic heterocycles. The van der Waals surface area contributed by atoms with E-state index in [-0.39, 0.29) is 0 Å². The normalized spacial score (nSPS) is 13.3. The minimum absolute atomic E-state index is 0.843. The Kier molecular flexibility index (Phi) is 5.66. The lowest BCUT2D eigenvalue weighted by Gasteiger charge is -2.17. The highest BCUT2D eigenvalue weighted by atomic mass is 16.5. The van der Waals surface area contributed by atoms with E-state index in [9.17, 15) is 0 Å². The monoisotopic (exact) mass is 355 g/mol. The highest BCUT2D eigenvalue weighted by Crippen LogP contribution is 2.25. The molecule has 2 heteroatoms. The standard InChI is InChI=1S/C25H25NO/c1-2-7-22(8-3-1)23-13-10-20(11-14-23)6-4-16-26-19-21-12-15-24-9-5-17-27-25(24)18-21/h1-4,6-8,10-15,18,26H,5,9,16-17,19H2. The number of fused-ring (bicyclic) bond motifs is 1. The van der Waals surface area contributed by atoms with Crippen molar-refractivity contribution in [2.24, 2.45) is 0 Å². The maximum atomic E-state index is 5.75. The third kappa shape index (κ3) is 4.66. The summed E-state index contributed by atoms with van der Waals surface area (Å²) in [6.07, 6.45) is 6.60. The highest BCUT2D eigenvalue weighted by Gasteiger charge is 2.10. The van der Waals surface area contributed by atoms with Gasteiger partial charge in [-0.2, -0.15) is 0 Å². The van der Waals surface area contributed by atoms with Crippen LogP contribution in [0.25, 0.3) is 17.2 Å². The molecule has 0 atom stereocenters. The minimum Gasteiger partial charge on any atom is -0.493 e. The molecule has 0 saturated carbocycles. The number of nitrogens with one attached hydrogen (secondary N) is 1. The van der Waals surface area contributed by atoms with Gasteiger partial charge in [-0.1, -0.05) is 78.9 Å². The molecule has 0 amide bonds. The molecule has 136 valence electrons. The number of rotatable bonds is 6. The van der Waals surface area contributed by atoms with Gasteiger partial charge in [-0.25, -0.2) is 0 Å². The van der Waals surface area contributed by atoms with E-state index in [0.29, 0.717) is 0 Å². The Labute approximate surface area is 161 Å². The summed E-state index contributed by atoms with van der Waals surface area (Å²) in [7, 11) is 0. The van der Waals surface area contributed by atoms with Gasteiger partial charge in [0.15, 0.2) is 0 Å². The summed E-state index contributed by atoms with van der Waals surface area (Å²) in [5.41, 5.74) is 6.34. The molecule has 3 aromatic carbocycles. The Morgan fingerprint density at radius 3 is 2.56 bits per heavy atom. The second kappa shape index (κ2) is 8.70. The van der Waals surface area contributed by atoms with Crippen LogP contribution in [0.2, 0.25) is 0 Å². The van der Waals surface area contributed by atoms with Gasteiger partial charge >= 0.3 is 0 Å². The van der Waals surface area contributed by atoms with Crippen molar-refractivity contribution in [1.29, 1.82) is 0 Å². The number of aryl methyl sites for hydroxylation is 1. The molecule has 4 rings (SSSR count). The van der Waals surface area contributed by atoms with Crippen molar-refractivity contribution in [2.45, 2.75) is 19.4 Å². The quantitative estimate of drug-likeness (QED) is 0.591. The third-order valence-corrected chi connectivity index (χ3v) is 4.90. The molecule has 0 aliphatic carbocycles. The Morgan fingerprint density at radius 1 is 0.889 bits per heavy atom. The van der Waals surface area contributed by atoms with Crippen LogP contribution in [-0.2, 0) is 13.0 Å². The maximum absolute atomic E-state index is 5.75. The van der Waals surface area contributed by atoms with Crippen molar-refractivity contribution in [3.05, 3.63) is 95.6 Å². The molecule has 1 heterocycles. The molecule has 1 N–H and O–H groups in total. The summed E-state index contributed by atoms with van der Waals surface area (Å²) in [6, 6.07) is 25.7. The Bertz CT molecular complexity index is 897. The van der Waals surface area contributed by atoms with E-state index in [2.05, 4.69) is 84.2 Å². The zero-order chi connectivity index (χ0) is 18.3. The molecule has 0 radical (unpaired) electrons. The molecule has 2 nitrogen and oxygen atoms in total. The van der Waals surface area contributed by atoms with Gasteiger partial charge in [-0.05, 0) is 46.7 Å². The van der Waals surface area contributed by atoms with Crippen LogP contribution in [0, 0.1) is 0 Å². The molecule has 0 saturated heterocycles. The van der Waals surface area contributed by atoms with Crippen molar-refractivity contribution in [3.8, 4) is 16.9 Å². The van der Waals surface area contributed by atoms with Gasteiger partial charge < -0.3 is 10.1 Å². The van der Waals surface area contributed by atoms with Crippen molar-refractivity contribution in [3.63, 3.8) is 0 Å². The zero-order valence-electron chi connectivity index (χ0n) is 15.5. The molecule has 1 aliphatic rings. The molecule has 27 heavy (non-hydrogen) atoms. The fraction of sp³-hybridized carbons (Fsp3) is 0.200. The Morgan fingerprint density at radius 2 is 1.70 bits per heavy atom. The first-order valence-corrected chi connectivity index (χ1v) is 9.66. The molecule has 0 bridgehead atoms. The SMILES string of the molecule is C(=Cc1ccc(-c2ccccc2)cc1)CNCc1ccc2c(c1)OCCC2. The van der Waals surface area contributed by atoms with Gasteiger partial charge in [0.05, 0.1) is 6.61 Å². The fourth-order valence-corrected chi connectivity index (χ4v) is 3.41. The van der Waals surface area contributed by atoms with E-state index in [1.165, 1.54) is 27.8 Å². The van der Waals surface area contributed by atoms with E-state index in [0.717, 1.165) is 38.3 Å². The van der Waals surface area contributed by atoms with Gasteiger partial charge in [0.2, 0.25) is 0 Å². The van der Waals surface area contributed by atoms with Crippen molar-refractivity contribution >= 4 is 6.08 Å². The summed E-state index contributed by atoms with van der Waals surface area (Å²) in [4.78, 5) is 0. The maximum Gasteiger partial charge on any atom is 0.122 e. The van der Waals surface area contributed by atoms with Crippen molar-refractivity contribution in [2.75, 3.05) is 13.2 Å². The Balaban J connectivity index is 1.27. The predicted molar refractivity (Wildman–Crippen MR) is 113 cm³/mol. The van der Waals surface area contributed by atoms with E-state index in [1.54, 1.807) is 0 Å². The van der Waals surface area contributed by atoms with Gasteiger partial charge in [-0.15, -0.1) is 0 Å². The summed E-state index contributed by atoms with van der Waals surface area (Å²) in [6.45, 7) is 2.54. The first-order chi connectivity index (χ1) is 13.4. The van der Waals surface area contributed by atoms with Crippen LogP contribution in [0.3, 0.4) is 0 Å². The second-order valence-corrected chi connectivity index (χ2v) is 6.92. The van der Waals surface area contributed by atoms with E-state index in [4.69, 9.17) is 4.74 Å². The van der Waals surface area contributed by atoms with Gasteiger partial charge in [0.1, 0.15) is 5.75 Å². The van der Waals surface area contributed by atoms with Crippen molar-refractivity contribution in [1.82, 2.24) is 5.32 Å². The molecular formula is C25H25NO. The number of hydrogen-bond acceptors (Lipinski definition) is 2. The van der Waals surface area contributed by atoms with Crippen LogP contribution >= 0.6 is 0 Å². The average molecular weight is 355 g/mol. The Hall–Kier alpha value is -2.84. The molecule has 0 unspecified atom stereocenters. The summed E-state index contributed by atoms with van der Waals surface area (Å²) in [5, 5.41) is 3.47. The summed E-state index contributed by atoms with van der Waals surface area (Å²) >= 11 is 0. The van der Waals surface area contributed by atoms with Crippen LogP contribution < -0.4 is 10.1 Å². The number of benzene rings is 3. The number of hydrogen-bond donors (Lipinski definition) is 1. The highest BCUT2D eigenvalue weighted by molar-refractivity contribution is 5.65. The van der Waals surface area contributed by atoms with Crippen LogP contribution in [0.4, 0.5) is 0 Å². The summed E-state index contributed by atoms with van der Waals surface area (Å²) < 4.78 is 5.75. The minimum atomic E-state index is 0.843. The van der Waals surface area contributed by atoms with Crippen LogP contribution in [0.1, 0.15) is 23.1 Å². The van der Waals surface area contributed by atoms with E-state index >= 15 is 0 Å². The van der Waals surface area contributed by atoms with Crippen molar-refractivity contribution < 1.29 is 4.74 Å². The first-order valence-electron chi connectivity index (χ1n) is 9.66. The lowest BCUT2D eigenvalue weighted by Crippen LogP contribution is -2.14. The topological polar surface area (TPSA) is 21.3 Å². The lowest BCUT2D eigenvalue weighted by atomic mass is 10.0. The zero-order valence-corrected chi connectivity index (χ0v) is 15.5. The smallest absolute Gasteiger partial charge is 0.122 e. The van der Waals surface area contributed by atoms with Crippen LogP contribution in [-0.4, -0.2) is 13.2 Å². The van der Waals surface area contributed by atoms with Gasteiger partial charge in [0, 0.05) is 13.1 Å². The van der Waals surface area contributed by atoms with E-state index < -0.39 is 0 Å². The van der Waals surface area contributed by atoms with Gasteiger partial charge in [0.25, 0.3) is 0 Å². The predicted octanol–water partition coefficient (Wildman–Crippen LogP) is 5.48. The van der Waals surface area contributed by atoms with Crippen LogP contribution in [0.15, 0.2) is 78.9 Å². The van der Waals surface area contributed by atoms with Gasteiger partial charge in [-0.3, -0.25) is 0 Å². The first kappa shape index (κ1) is 17.6. The summed E-state index contributed by atoms with van der Waals surface area (Å²) in [5.74, 6) is 1.06. The molecule has 1 aliphatic heterocycles. The third-order valence-electron chi connectivity index (χ3n) is 4.90. The largest absolute Gasteiger partial charge is 0.493 e. The average Bonchev–Trinajstić information content (AvgIpc) is 2.74.